The number of benzene rings is 2. The van der Waals surface area contributed by atoms with Crippen molar-refractivity contribution < 1.29 is 19.1 Å². The van der Waals surface area contributed by atoms with Gasteiger partial charge in [-0.05, 0) is 67.5 Å². The van der Waals surface area contributed by atoms with Crippen molar-refractivity contribution in [1.29, 1.82) is 0 Å². The predicted molar refractivity (Wildman–Crippen MR) is 134 cm³/mol. The van der Waals surface area contributed by atoms with Crippen LogP contribution < -0.4 is 14.8 Å². The Morgan fingerprint density at radius 3 is 2.53 bits per heavy atom. The van der Waals surface area contributed by atoms with Crippen molar-refractivity contribution in [2.45, 2.75) is 51.9 Å². The van der Waals surface area contributed by atoms with Crippen molar-refractivity contribution in [3.05, 3.63) is 53.6 Å². The second kappa shape index (κ2) is 11.4. The molecule has 1 saturated carbocycles. The first kappa shape index (κ1) is 24.1. The molecule has 1 saturated heterocycles. The van der Waals surface area contributed by atoms with Gasteiger partial charge >= 0.3 is 0 Å². The number of ether oxygens (including phenoxy) is 2. The molecule has 6 heteroatoms. The summed E-state index contributed by atoms with van der Waals surface area (Å²) in [7, 11) is 1.56. The summed E-state index contributed by atoms with van der Waals surface area (Å²) in [5.74, 6) is 2.42. The standard InChI is InChI=1S/C28H36N2O4/c1-3-4-17-34-24-12-9-21(10-13-24)27(31)29-23-11-14-25(26(18-23)33-2)28(32)30-16-15-20-7-5-6-8-22(20)19-30/h9-14,18,20,22H,3-8,15-17,19H2,1-2H3,(H,29,31)/t20-,22+/m1/s1. The van der Waals surface area contributed by atoms with Gasteiger partial charge < -0.3 is 19.7 Å². The SMILES string of the molecule is CCCCOc1ccc(C(=O)Nc2ccc(C(=O)N3CC[C@H]4CCCC[C@H]4C3)c(OC)c2)cc1. The summed E-state index contributed by atoms with van der Waals surface area (Å²) in [5, 5.41) is 2.90. The average molecular weight is 465 g/mol. The van der Waals surface area contributed by atoms with Gasteiger partial charge in [-0.1, -0.05) is 32.6 Å². The molecule has 182 valence electrons. The molecule has 2 aliphatic rings. The number of unbranched alkanes of at least 4 members (excludes halogenated alkanes) is 1. The van der Waals surface area contributed by atoms with Crippen LogP contribution in [-0.4, -0.2) is 43.5 Å². The Kier molecular flexibility index (Phi) is 8.09. The van der Waals surface area contributed by atoms with Gasteiger partial charge in [0.25, 0.3) is 11.8 Å². The number of methoxy groups -OCH3 is 1. The minimum absolute atomic E-state index is 0.0115. The fraction of sp³-hybridized carbons (Fsp3) is 0.500. The van der Waals surface area contributed by atoms with Crippen LogP contribution in [0.2, 0.25) is 0 Å². The monoisotopic (exact) mass is 464 g/mol. The maximum absolute atomic E-state index is 13.3. The highest BCUT2D eigenvalue weighted by atomic mass is 16.5. The van der Waals surface area contributed by atoms with Crippen molar-refractivity contribution >= 4 is 17.5 Å². The van der Waals surface area contributed by atoms with Gasteiger partial charge in [-0.3, -0.25) is 9.59 Å². The zero-order valence-corrected chi connectivity index (χ0v) is 20.3. The first-order valence-corrected chi connectivity index (χ1v) is 12.6. The smallest absolute Gasteiger partial charge is 0.257 e. The number of likely N-dealkylation sites (tertiary alicyclic amines) is 1. The van der Waals surface area contributed by atoms with Crippen LogP contribution in [-0.2, 0) is 0 Å². The van der Waals surface area contributed by atoms with Crippen LogP contribution in [0.15, 0.2) is 42.5 Å². The number of anilines is 1. The first-order chi connectivity index (χ1) is 16.6. The fourth-order valence-electron chi connectivity index (χ4n) is 5.14. The molecule has 2 amide bonds. The zero-order chi connectivity index (χ0) is 23.9. The molecule has 2 aromatic carbocycles. The first-order valence-electron chi connectivity index (χ1n) is 12.6. The van der Waals surface area contributed by atoms with Gasteiger partial charge in [0, 0.05) is 30.4 Å². The molecular weight excluding hydrogens is 428 g/mol. The minimum Gasteiger partial charge on any atom is -0.496 e. The molecule has 34 heavy (non-hydrogen) atoms. The highest BCUT2D eigenvalue weighted by molar-refractivity contribution is 6.05. The summed E-state index contributed by atoms with van der Waals surface area (Å²) in [5.41, 5.74) is 1.67. The quantitative estimate of drug-likeness (QED) is 0.503. The summed E-state index contributed by atoms with van der Waals surface area (Å²) >= 11 is 0. The Bertz CT molecular complexity index is 988. The molecule has 1 N–H and O–H groups in total. The molecule has 1 aliphatic heterocycles. The van der Waals surface area contributed by atoms with Crippen molar-refractivity contribution in [3.63, 3.8) is 0 Å². The van der Waals surface area contributed by atoms with E-state index in [1.54, 1.807) is 37.4 Å². The molecule has 0 unspecified atom stereocenters. The van der Waals surface area contributed by atoms with E-state index in [1.807, 2.05) is 17.0 Å². The van der Waals surface area contributed by atoms with Crippen LogP contribution in [0.25, 0.3) is 0 Å². The largest absolute Gasteiger partial charge is 0.496 e. The van der Waals surface area contributed by atoms with Gasteiger partial charge in [-0.15, -0.1) is 0 Å². The molecule has 2 aromatic rings. The average Bonchev–Trinajstić information content (AvgIpc) is 2.88. The van der Waals surface area contributed by atoms with Crippen LogP contribution in [0.5, 0.6) is 11.5 Å². The second-order valence-electron chi connectivity index (χ2n) is 9.44. The van der Waals surface area contributed by atoms with Gasteiger partial charge in [0.1, 0.15) is 11.5 Å². The Morgan fingerprint density at radius 2 is 1.79 bits per heavy atom. The number of nitrogens with zero attached hydrogens (tertiary/aromatic N) is 1. The van der Waals surface area contributed by atoms with E-state index in [1.165, 1.54) is 25.7 Å². The molecule has 0 aromatic heterocycles. The number of hydrogen-bond acceptors (Lipinski definition) is 4. The number of carbonyl (C=O) groups is 2. The molecule has 1 heterocycles. The lowest BCUT2D eigenvalue weighted by atomic mass is 9.75. The summed E-state index contributed by atoms with van der Waals surface area (Å²) in [6.45, 7) is 4.43. The highest BCUT2D eigenvalue weighted by Gasteiger charge is 2.33. The number of amides is 2. The fourth-order valence-corrected chi connectivity index (χ4v) is 5.14. The topological polar surface area (TPSA) is 67.9 Å². The summed E-state index contributed by atoms with van der Waals surface area (Å²) in [6.07, 6.45) is 8.30. The zero-order valence-electron chi connectivity index (χ0n) is 20.3. The number of hydrogen-bond donors (Lipinski definition) is 1. The third-order valence-electron chi connectivity index (χ3n) is 7.15. The molecule has 6 nitrogen and oxygen atoms in total. The highest BCUT2D eigenvalue weighted by Crippen LogP contribution is 2.37. The van der Waals surface area contributed by atoms with Crippen molar-refractivity contribution in [1.82, 2.24) is 4.90 Å². The van der Waals surface area contributed by atoms with E-state index < -0.39 is 0 Å². The van der Waals surface area contributed by atoms with Gasteiger partial charge in [0.05, 0.1) is 19.3 Å². The number of carbonyl (C=O) groups excluding carboxylic acids is 2. The molecule has 2 atom stereocenters. The Hall–Kier alpha value is -3.02. The van der Waals surface area contributed by atoms with E-state index in [0.717, 1.165) is 44.0 Å². The summed E-state index contributed by atoms with van der Waals surface area (Å²) in [6, 6.07) is 12.4. The molecule has 0 radical (unpaired) electrons. The van der Waals surface area contributed by atoms with Crippen molar-refractivity contribution in [2.24, 2.45) is 11.8 Å². The van der Waals surface area contributed by atoms with Gasteiger partial charge in [0.2, 0.25) is 0 Å². The Morgan fingerprint density at radius 1 is 1.03 bits per heavy atom. The van der Waals surface area contributed by atoms with Crippen LogP contribution in [0.1, 0.15) is 72.6 Å². The second-order valence-corrected chi connectivity index (χ2v) is 9.44. The Balaban J connectivity index is 1.39. The lowest BCUT2D eigenvalue weighted by molar-refractivity contribution is 0.0518. The third-order valence-corrected chi connectivity index (χ3v) is 7.15. The van der Waals surface area contributed by atoms with E-state index in [4.69, 9.17) is 9.47 Å². The van der Waals surface area contributed by atoms with Crippen molar-refractivity contribution in [3.8, 4) is 11.5 Å². The third kappa shape index (κ3) is 5.72. The minimum atomic E-state index is -0.222. The molecule has 0 bridgehead atoms. The summed E-state index contributed by atoms with van der Waals surface area (Å²) < 4.78 is 11.2. The van der Waals surface area contributed by atoms with Crippen LogP contribution >= 0.6 is 0 Å². The van der Waals surface area contributed by atoms with E-state index in [2.05, 4.69) is 12.2 Å². The number of rotatable bonds is 8. The molecule has 0 spiro atoms. The molecular formula is C28H36N2O4. The van der Waals surface area contributed by atoms with Crippen molar-refractivity contribution in [2.75, 3.05) is 32.1 Å². The maximum atomic E-state index is 13.3. The lowest BCUT2D eigenvalue weighted by Gasteiger charge is -2.41. The lowest BCUT2D eigenvalue weighted by Crippen LogP contribution is -2.44. The van der Waals surface area contributed by atoms with E-state index in [-0.39, 0.29) is 11.8 Å². The van der Waals surface area contributed by atoms with E-state index in [0.29, 0.717) is 35.1 Å². The normalized spacial score (nSPS) is 19.8. The van der Waals surface area contributed by atoms with E-state index >= 15 is 0 Å². The van der Waals surface area contributed by atoms with E-state index in [9.17, 15) is 9.59 Å². The number of piperidine rings is 1. The summed E-state index contributed by atoms with van der Waals surface area (Å²) in [4.78, 5) is 28.0. The van der Waals surface area contributed by atoms with Gasteiger partial charge in [-0.2, -0.15) is 0 Å². The maximum Gasteiger partial charge on any atom is 0.257 e. The van der Waals surface area contributed by atoms with Crippen LogP contribution in [0.3, 0.4) is 0 Å². The van der Waals surface area contributed by atoms with Gasteiger partial charge in [0.15, 0.2) is 0 Å². The Labute approximate surface area is 202 Å². The predicted octanol–water partition coefficient (Wildman–Crippen LogP) is 5.78. The number of nitrogens with one attached hydrogen (secondary N) is 1. The van der Waals surface area contributed by atoms with Crippen LogP contribution in [0.4, 0.5) is 5.69 Å². The molecule has 4 rings (SSSR count). The molecule has 2 fully saturated rings. The van der Waals surface area contributed by atoms with Gasteiger partial charge in [-0.25, -0.2) is 0 Å². The molecule has 1 aliphatic carbocycles. The van der Waals surface area contributed by atoms with Crippen LogP contribution in [0, 0.1) is 11.8 Å². The number of fused-ring (bicyclic) bond motifs is 1.